The second-order valence-electron chi connectivity index (χ2n) is 6.45. The van der Waals surface area contributed by atoms with Crippen molar-refractivity contribution in [1.29, 1.82) is 0 Å². The Labute approximate surface area is 153 Å². The van der Waals surface area contributed by atoms with E-state index in [0.29, 0.717) is 24.2 Å². The smallest absolute Gasteiger partial charge is 0.262 e. The number of aryl methyl sites for hydroxylation is 2. The van der Waals surface area contributed by atoms with Crippen LogP contribution in [0.4, 0.5) is 11.4 Å². The highest BCUT2D eigenvalue weighted by Gasteiger charge is 2.25. The molecule has 138 valence electrons. The molecule has 0 atom stereocenters. The minimum Gasteiger partial charge on any atom is -0.375 e. The summed E-state index contributed by atoms with van der Waals surface area (Å²) in [5, 5.41) is 0. The first-order valence-electron chi connectivity index (χ1n) is 8.34. The van der Waals surface area contributed by atoms with Crippen molar-refractivity contribution in [3.8, 4) is 0 Å². The second-order valence-corrected chi connectivity index (χ2v) is 8.10. The van der Waals surface area contributed by atoms with Gasteiger partial charge in [0.1, 0.15) is 6.61 Å². The summed E-state index contributed by atoms with van der Waals surface area (Å²) < 4.78 is 33.0. The summed E-state index contributed by atoms with van der Waals surface area (Å²) in [6.07, 6.45) is 0.684. The first-order chi connectivity index (χ1) is 12.3. The normalized spacial score (nSPS) is 13.6. The van der Waals surface area contributed by atoms with Crippen LogP contribution in [0.25, 0.3) is 0 Å². The zero-order valence-electron chi connectivity index (χ0n) is 15.1. The summed E-state index contributed by atoms with van der Waals surface area (Å²) in [7, 11) is -2.19. The predicted molar refractivity (Wildman–Crippen MR) is 101 cm³/mol. The molecule has 0 radical (unpaired) electrons. The first-order valence-corrected chi connectivity index (χ1v) is 9.82. The van der Waals surface area contributed by atoms with Crippen LogP contribution in [0.2, 0.25) is 0 Å². The van der Waals surface area contributed by atoms with E-state index in [4.69, 9.17) is 4.74 Å². The van der Waals surface area contributed by atoms with E-state index in [0.717, 1.165) is 16.8 Å². The molecule has 1 aliphatic rings. The summed E-state index contributed by atoms with van der Waals surface area (Å²) in [5.74, 6) is -0.102. The Morgan fingerprint density at radius 3 is 2.69 bits per heavy atom. The number of anilines is 2. The van der Waals surface area contributed by atoms with Crippen molar-refractivity contribution in [1.82, 2.24) is 0 Å². The number of hydrogen-bond donors (Lipinski definition) is 1. The fraction of sp³-hybridized carbons (Fsp3) is 0.316. The number of carbonyl (C=O) groups excluding carboxylic acids is 1. The van der Waals surface area contributed by atoms with Crippen LogP contribution in [-0.4, -0.2) is 34.6 Å². The molecule has 1 heterocycles. The topological polar surface area (TPSA) is 75.7 Å². The zero-order valence-corrected chi connectivity index (χ0v) is 15.9. The molecule has 2 aromatic rings. The van der Waals surface area contributed by atoms with Crippen molar-refractivity contribution in [2.75, 3.05) is 29.9 Å². The van der Waals surface area contributed by atoms with E-state index in [1.54, 1.807) is 42.2 Å². The summed E-state index contributed by atoms with van der Waals surface area (Å²) in [5.41, 5.74) is 3.82. The number of sulfonamides is 1. The van der Waals surface area contributed by atoms with Gasteiger partial charge in [0.15, 0.2) is 0 Å². The third-order valence-electron chi connectivity index (χ3n) is 4.43. The maximum Gasteiger partial charge on any atom is 0.262 e. The van der Waals surface area contributed by atoms with E-state index in [2.05, 4.69) is 4.72 Å². The zero-order chi connectivity index (χ0) is 18.9. The Balaban J connectivity index is 1.86. The van der Waals surface area contributed by atoms with Crippen molar-refractivity contribution in [3.63, 3.8) is 0 Å². The average molecular weight is 374 g/mol. The summed E-state index contributed by atoms with van der Waals surface area (Å²) >= 11 is 0. The van der Waals surface area contributed by atoms with E-state index >= 15 is 0 Å². The van der Waals surface area contributed by atoms with E-state index in [1.165, 1.54) is 7.11 Å². The molecule has 0 saturated heterocycles. The number of rotatable bonds is 5. The quantitative estimate of drug-likeness (QED) is 0.873. The molecule has 6 nitrogen and oxygen atoms in total. The standard InChI is InChI=1S/C19H22N2O4S/c1-13-4-5-14(2)18(10-13)26(23,24)20-16-6-7-17-15(11-16)8-9-21(17)19(22)12-25-3/h4-7,10-11,20H,8-9,12H2,1-3H3. The van der Waals surface area contributed by atoms with Gasteiger partial charge in [-0.15, -0.1) is 0 Å². The van der Waals surface area contributed by atoms with Gasteiger partial charge in [-0.25, -0.2) is 8.42 Å². The van der Waals surface area contributed by atoms with E-state index in [9.17, 15) is 13.2 Å². The molecule has 0 spiro atoms. The fourth-order valence-corrected chi connectivity index (χ4v) is 4.51. The lowest BCUT2D eigenvalue weighted by atomic mass is 10.1. The van der Waals surface area contributed by atoms with Gasteiger partial charge >= 0.3 is 0 Å². The molecule has 2 aromatic carbocycles. The molecule has 1 aliphatic heterocycles. The van der Waals surface area contributed by atoms with Crippen LogP contribution in [0.3, 0.4) is 0 Å². The van der Waals surface area contributed by atoms with Crippen LogP contribution >= 0.6 is 0 Å². The van der Waals surface area contributed by atoms with Crippen molar-refractivity contribution >= 4 is 27.3 Å². The highest BCUT2D eigenvalue weighted by molar-refractivity contribution is 7.92. The Kier molecular flexibility index (Phi) is 5.02. The van der Waals surface area contributed by atoms with Gasteiger partial charge in [0.25, 0.3) is 15.9 Å². The van der Waals surface area contributed by atoms with Gasteiger partial charge in [-0.3, -0.25) is 9.52 Å². The molecule has 0 aromatic heterocycles. The molecule has 7 heteroatoms. The molecule has 0 saturated carbocycles. The van der Waals surface area contributed by atoms with E-state index in [1.807, 2.05) is 13.0 Å². The number of nitrogens with one attached hydrogen (secondary N) is 1. The van der Waals surface area contributed by atoms with Crippen LogP contribution in [0, 0.1) is 13.8 Å². The minimum absolute atomic E-state index is 0.0282. The third kappa shape index (κ3) is 3.59. The second kappa shape index (κ2) is 7.09. The van der Waals surface area contributed by atoms with Crippen LogP contribution in [0.1, 0.15) is 16.7 Å². The van der Waals surface area contributed by atoms with Gasteiger partial charge in [0.05, 0.1) is 4.90 Å². The number of amides is 1. The van der Waals surface area contributed by atoms with Gasteiger partial charge in [-0.2, -0.15) is 0 Å². The summed E-state index contributed by atoms with van der Waals surface area (Å²) in [4.78, 5) is 14.0. The molecule has 0 unspecified atom stereocenters. The number of nitrogens with zero attached hydrogens (tertiary/aromatic N) is 1. The number of carbonyl (C=O) groups is 1. The molecule has 0 aliphatic carbocycles. The fourth-order valence-electron chi connectivity index (χ4n) is 3.13. The average Bonchev–Trinajstić information content (AvgIpc) is 3.00. The number of methoxy groups -OCH3 is 1. The van der Waals surface area contributed by atoms with Gasteiger partial charge in [0.2, 0.25) is 0 Å². The summed E-state index contributed by atoms with van der Waals surface area (Å²) in [6, 6.07) is 10.6. The van der Waals surface area contributed by atoms with Crippen molar-refractivity contribution in [2.45, 2.75) is 25.2 Å². The van der Waals surface area contributed by atoms with Crippen molar-refractivity contribution in [3.05, 3.63) is 53.1 Å². The highest BCUT2D eigenvalue weighted by Crippen LogP contribution is 2.31. The number of hydrogen-bond acceptors (Lipinski definition) is 4. The van der Waals surface area contributed by atoms with Crippen molar-refractivity contribution < 1.29 is 17.9 Å². The van der Waals surface area contributed by atoms with Crippen LogP contribution in [0.5, 0.6) is 0 Å². The molecule has 26 heavy (non-hydrogen) atoms. The van der Waals surface area contributed by atoms with E-state index < -0.39 is 10.0 Å². The molecule has 3 rings (SSSR count). The number of fused-ring (bicyclic) bond motifs is 1. The van der Waals surface area contributed by atoms with Gasteiger partial charge in [-0.1, -0.05) is 12.1 Å². The number of benzene rings is 2. The minimum atomic E-state index is -3.67. The number of ether oxygens (including phenoxy) is 1. The monoisotopic (exact) mass is 374 g/mol. The third-order valence-corrected chi connectivity index (χ3v) is 5.95. The van der Waals surface area contributed by atoms with Gasteiger partial charge in [0, 0.05) is 25.0 Å². The van der Waals surface area contributed by atoms with Crippen LogP contribution in [-0.2, 0) is 26.0 Å². The van der Waals surface area contributed by atoms with E-state index in [-0.39, 0.29) is 17.4 Å². The van der Waals surface area contributed by atoms with Crippen LogP contribution < -0.4 is 9.62 Å². The maximum atomic E-state index is 12.7. The molecular formula is C19H22N2O4S. The van der Waals surface area contributed by atoms with Crippen LogP contribution in [0.15, 0.2) is 41.3 Å². The largest absolute Gasteiger partial charge is 0.375 e. The molecule has 0 fully saturated rings. The Hall–Kier alpha value is -2.38. The lowest BCUT2D eigenvalue weighted by Gasteiger charge is -2.17. The lowest BCUT2D eigenvalue weighted by Crippen LogP contribution is -2.31. The SMILES string of the molecule is COCC(=O)N1CCc2cc(NS(=O)(=O)c3cc(C)ccc3C)ccc21. The molecule has 0 bridgehead atoms. The highest BCUT2D eigenvalue weighted by atomic mass is 32.2. The predicted octanol–water partition coefficient (Wildman–Crippen LogP) is 2.64. The van der Waals surface area contributed by atoms with Gasteiger partial charge in [-0.05, 0) is 61.2 Å². The molecule has 1 amide bonds. The Morgan fingerprint density at radius 1 is 1.19 bits per heavy atom. The maximum absolute atomic E-state index is 12.7. The Morgan fingerprint density at radius 2 is 1.96 bits per heavy atom. The first kappa shape index (κ1) is 18.4. The van der Waals surface area contributed by atoms with Crippen molar-refractivity contribution in [2.24, 2.45) is 0 Å². The Bertz CT molecular complexity index is 954. The summed E-state index contributed by atoms with van der Waals surface area (Å²) in [6.45, 7) is 4.24. The lowest BCUT2D eigenvalue weighted by molar-refractivity contribution is -0.122. The molecular weight excluding hydrogens is 352 g/mol. The molecule has 1 N–H and O–H groups in total. The van der Waals surface area contributed by atoms with Gasteiger partial charge < -0.3 is 9.64 Å².